The third-order valence-corrected chi connectivity index (χ3v) is 6.68. The van der Waals surface area contributed by atoms with Crippen molar-refractivity contribution in [3.05, 3.63) is 66.7 Å². The van der Waals surface area contributed by atoms with E-state index in [0.717, 1.165) is 29.2 Å². The van der Waals surface area contributed by atoms with E-state index in [1.54, 1.807) is 12.1 Å². The van der Waals surface area contributed by atoms with Crippen LogP contribution in [0.4, 0.5) is 11.4 Å². The molecule has 0 aliphatic rings. The first-order valence-corrected chi connectivity index (χ1v) is 12.3. The molecule has 0 aromatic heterocycles. The summed E-state index contributed by atoms with van der Waals surface area (Å²) in [6.45, 7) is 0. The molecule has 0 aliphatic carbocycles. The predicted molar refractivity (Wildman–Crippen MR) is 117 cm³/mol. The molecule has 31 heavy (non-hydrogen) atoms. The summed E-state index contributed by atoms with van der Waals surface area (Å²) in [5, 5.41) is 20.6. The lowest BCUT2D eigenvalue weighted by Crippen LogP contribution is -2.04. The molecule has 0 saturated carbocycles. The first-order chi connectivity index (χ1) is 14.6. The van der Waals surface area contributed by atoms with Gasteiger partial charge in [0.1, 0.15) is 11.4 Å². The number of rotatable bonds is 4. The van der Waals surface area contributed by atoms with Crippen molar-refractivity contribution in [2.75, 3.05) is 6.26 Å². The second-order valence-electron chi connectivity index (χ2n) is 6.90. The van der Waals surface area contributed by atoms with Crippen molar-refractivity contribution in [1.82, 2.24) is 0 Å². The minimum Gasteiger partial charge on any atom is -0.506 e. The van der Waals surface area contributed by atoms with E-state index < -0.39 is 29.7 Å². The van der Waals surface area contributed by atoms with E-state index in [1.165, 1.54) is 12.1 Å². The molecule has 158 valence electrons. The maximum atomic E-state index is 12.4. The highest BCUT2D eigenvalue weighted by Crippen LogP contribution is 2.41. The van der Waals surface area contributed by atoms with Gasteiger partial charge in [0.15, 0.2) is 9.84 Å². The van der Waals surface area contributed by atoms with E-state index in [0.29, 0.717) is 5.69 Å². The van der Waals surface area contributed by atoms with Gasteiger partial charge < -0.3 is 5.11 Å². The number of nitrogens with zero attached hydrogens (tertiary/aromatic N) is 2. The summed E-state index contributed by atoms with van der Waals surface area (Å²) >= 11 is 0. The Morgan fingerprint density at radius 1 is 0.806 bits per heavy atom. The molecule has 4 aromatic rings. The van der Waals surface area contributed by atoms with Crippen LogP contribution in [0.15, 0.2) is 86.7 Å². The molecule has 0 fully saturated rings. The number of azo groups is 1. The number of benzene rings is 4. The van der Waals surface area contributed by atoms with Crippen LogP contribution < -0.4 is 0 Å². The van der Waals surface area contributed by atoms with Gasteiger partial charge in [-0.25, -0.2) is 8.42 Å². The number of sulfone groups is 1. The van der Waals surface area contributed by atoms with Gasteiger partial charge in [0, 0.05) is 17.0 Å². The summed E-state index contributed by atoms with van der Waals surface area (Å²) in [7, 11) is -8.62. The fourth-order valence-corrected chi connectivity index (χ4v) is 4.86. The number of hydrogen-bond acceptors (Lipinski definition) is 7. The molecule has 10 heteroatoms. The fourth-order valence-electron chi connectivity index (χ4n) is 3.31. The Morgan fingerprint density at radius 2 is 1.52 bits per heavy atom. The van der Waals surface area contributed by atoms with Gasteiger partial charge in [0.05, 0.1) is 15.5 Å². The van der Waals surface area contributed by atoms with E-state index in [1.807, 2.05) is 30.3 Å². The molecule has 0 amide bonds. The lowest BCUT2D eigenvalue weighted by molar-refractivity contribution is 0.477. The average molecular weight is 457 g/mol. The first-order valence-electron chi connectivity index (χ1n) is 8.92. The summed E-state index contributed by atoms with van der Waals surface area (Å²) in [6, 6.07) is 17.4. The first kappa shape index (κ1) is 20.9. The van der Waals surface area contributed by atoms with Gasteiger partial charge in [0.2, 0.25) is 0 Å². The maximum Gasteiger partial charge on any atom is 0.294 e. The molecule has 8 nitrogen and oxygen atoms in total. The second-order valence-corrected chi connectivity index (χ2v) is 10.3. The van der Waals surface area contributed by atoms with Crippen LogP contribution in [0.5, 0.6) is 5.75 Å². The van der Waals surface area contributed by atoms with Gasteiger partial charge in [0.25, 0.3) is 10.1 Å². The minimum absolute atomic E-state index is 0.00103. The predicted octanol–water partition coefficient (Wildman–Crippen LogP) is 4.76. The maximum absolute atomic E-state index is 12.4. The zero-order chi connectivity index (χ0) is 22.4. The summed E-state index contributed by atoms with van der Waals surface area (Å²) < 4.78 is 57.4. The minimum atomic E-state index is -4.66. The molecule has 0 saturated heterocycles. The highest BCUT2D eigenvalue weighted by molar-refractivity contribution is 7.91. The molecule has 0 unspecified atom stereocenters. The Kier molecular flexibility index (Phi) is 5.00. The Balaban J connectivity index is 2.02. The molecule has 2 N–H and O–H groups in total. The van der Waals surface area contributed by atoms with Gasteiger partial charge >= 0.3 is 0 Å². The molecular formula is C21H16N2O6S2. The van der Waals surface area contributed by atoms with Crippen LogP contribution in [0.2, 0.25) is 0 Å². The molecule has 0 spiro atoms. The summed E-state index contributed by atoms with van der Waals surface area (Å²) in [5.41, 5.74) is 0.373. The number of aromatic hydroxyl groups is 1. The van der Waals surface area contributed by atoms with Crippen molar-refractivity contribution < 1.29 is 26.5 Å². The van der Waals surface area contributed by atoms with Crippen LogP contribution in [0.1, 0.15) is 0 Å². The third-order valence-electron chi connectivity index (χ3n) is 4.73. The number of fused-ring (bicyclic) bond motifs is 2. The largest absolute Gasteiger partial charge is 0.506 e. The van der Waals surface area contributed by atoms with Crippen LogP contribution in [0.3, 0.4) is 0 Å². The average Bonchev–Trinajstić information content (AvgIpc) is 2.71. The van der Waals surface area contributed by atoms with Crippen LogP contribution in [0, 0.1) is 0 Å². The van der Waals surface area contributed by atoms with Crippen molar-refractivity contribution in [2.24, 2.45) is 10.2 Å². The Labute approximate surface area is 178 Å². The monoisotopic (exact) mass is 456 g/mol. The van der Waals surface area contributed by atoms with Crippen molar-refractivity contribution in [2.45, 2.75) is 9.79 Å². The van der Waals surface area contributed by atoms with Gasteiger partial charge in [-0.2, -0.15) is 8.42 Å². The Bertz CT molecular complexity index is 1590. The number of phenols is 1. The summed E-state index contributed by atoms with van der Waals surface area (Å²) in [6.07, 6.45) is 0.894. The quantitative estimate of drug-likeness (QED) is 0.336. The van der Waals surface area contributed by atoms with Crippen LogP contribution in [0.25, 0.3) is 21.5 Å². The Hall–Kier alpha value is -3.34. The van der Waals surface area contributed by atoms with Gasteiger partial charge in [-0.1, -0.05) is 42.5 Å². The van der Waals surface area contributed by atoms with Crippen molar-refractivity contribution in [1.29, 1.82) is 0 Å². The van der Waals surface area contributed by atoms with E-state index in [9.17, 15) is 26.5 Å². The van der Waals surface area contributed by atoms with E-state index in [4.69, 9.17) is 0 Å². The smallest absolute Gasteiger partial charge is 0.294 e. The van der Waals surface area contributed by atoms with Crippen molar-refractivity contribution in [3.8, 4) is 5.75 Å². The number of phenolic OH excluding ortho intramolecular Hbond substituents is 1. The van der Waals surface area contributed by atoms with Gasteiger partial charge in [-0.05, 0) is 35.0 Å². The second kappa shape index (κ2) is 7.41. The summed E-state index contributed by atoms with van der Waals surface area (Å²) in [4.78, 5) is -0.983. The zero-order valence-corrected chi connectivity index (χ0v) is 17.7. The fraction of sp³-hybridized carbons (Fsp3) is 0.0476. The molecule has 4 rings (SSSR count). The third kappa shape index (κ3) is 4.00. The van der Waals surface area contributed by atoms with Crippen LogP contribution in [-0.2, 0) is 20.0 Å². The van der Waals surface area contributed by atoms with Gasteiger partial charge in [-0.15, -0.1) is 10.2 Å². The number of hydrogen-bond donors (Lipinski definition) is 2. The Morgan fingerprint density at radius 3 is 2.23 bits per heavy atom. The zero-order valence-electron chi connectivity index (χ0n) is 16.1. The highest BCUT2D eigenvalue weighted by Gasteiger charge is 2.22. The molecule has 0 radical (unpaired) electrons. The van der Waals surface area contributed by atoms with Gasteiger partial charge in [-0.3, -0.25) is 4.55 Å². The lowest BCUT2D eigenvalue weighted by Gasteiger charge is -2.11. The SMILES string of the molecule is CS(=O)(=O)c1cc(S(=O)(=O)O)cc2ccc(O)c(N=Nc3cccc4ccccc34)c12. The van der Waals surface area contributed by atoms with E-state index in [-0.39, 0.29) is 22.2 Å². The van der Waals surface area contributed by atoms with Crippen LogP contribution in [-0.4, -0.2) is 32.8 Å². The molecule has 0 bridgehead atoms. The highest BCUT2D eigenvalue weighted by atomic mass is 32.2. The van der Waals surface area contributed by atoms with Crippen molar-refractivity contribution in [3.63, 3.8) is 0 Å². The molecule has 0 atom stereocenters. The lowest BCUT2D eigenvalue weighted by atomic mass is 10.1. The topological polar surface area (TPSA) is 133 Å². The summed E-state index contributed by atoms with van der Waals surface area (Å²) in [5.74, 6) is -0.332. The standard InChI is InChI=1S/C21H16N2O6S2/c1-30(25,26)19-12-15(31(27,28)29)11-14-9-10-18(24)21(20(14)19)23-22-17-8-4-6-13-5-2-3-7-16(13)17/h2-12,24H,1H3,(H,27,28,29). The normalized spacial score (nSPS) is 12.7. The van der Waals surface area contributed by atoms with E-state index >= 15 is 0 Å². The molecular weight excluding hydrogens is 440 g/mol. The molecule has 0 aliphatic heterocycles. The van der Waals surface area contributed by atoms with Crippen LogP contribution >= 0.6 is 0 Å². The van der Waals surface area contributed by atoms with E-state index in [2.05, 4.69) is 10.2 Å². The molecule has 4 aromatic carbocycles. The van der Waals surface area contributed by atoms with Crippen molar-refractivity contribution >= 4 is 52.9 Å². The molecule has 0 heterocycles.